The normalized spacial score (nSPS) is 21.1. The number of carbonyl (C=O) groups excluding carboxylic acids is 3. The van der Waals surface area contributed by atoms with E-state index in [1.807, 2.05) is 31.2 Å². The number of imidazole rings is 1. The van der Waals surface area contributed by atoms with Gasteiger partial charge in [-0.15, -0.1) is 0 Å². The maximum Gasteiger partial charge on any atom is 0.359 e. The Hall–Kier alpha value is -3.16. The summed E-state index contributed by atoms with van der Waals surface area (Å²) in [7, 11) is 1.25. The van der Waals surface area contributed by atoms with Gasteiger partial charge < -0.3 is 14.6 Å². The van der Waals surface area contributed by atoms with Gasteiger partial charge in [0, 0.05) is 11.7 Å². The highest BCUT2D eigenvalue weighted by Crippen LogP contribution is 2.36. The van der Waals surface area contributed by atoms with Crippen LogP contribution in [0.3, 0.4) is 0 Å². The molecule has 0 saturated heterocycles. The molecular weight excluding hydrogens is 396 g/mol. The van der Waals surface area contributed by atoms with E-state index in [4.69, 9.17) is 4.74 Å². The summed E-state index contributed by atoms with van der Waals surface area (Å²) in [5.74, 6) is -1.31. The van der Waals surface area contributed by atoms with Gasteiger partial charge in [-0.3, -0.25) is 14.5 Å². The molecule has 4 rings (SSSR count). The maximum atomic E-state index is 13.8. The molecule has 1 aromatic carbocycles. The molecule has 1 saturated carbocycles. The molecule has 8 heteroatoms. The molecule has 1 aliphatic carbocycles. The zero-order valence-electron chi connectivity index (χ0n) is 18.2. The van der Waals surface area contributed by atoms with E-state index < -0.39 is 17.4 Å². The van der Waals surface area contributed by atoms with Gasteiger partial charge in [-0.2, -0.15) is 0 Å². The van der Waals surface area contributed by atoms with Crippen molar-refractivity contribution in [2.75, 3.05) is 12.0 Å². The zero-order valence-corrected chi connectivity index (χ0v) is 18.2. The number of hydrogen-bond acceptors (Lipinski definition) is 5. The van der Waals surface area contributed by atoms with Crippen LogP contribution in [0.25, 0.3) is 0 Å². The first-order valence-corrected chi connectivity index (χ1v) is 10.8. The van der Waals surface area contributed by atoms with Gasteiger partial charge in [0.1, 0.15) is 11.2 Å². The number of benzene rings is 1. The Kier molecular flexibility index (Phi) is 5.56. The second-order valence-electron chi connectivity index (χ2n) is 8.41. The number of carbonyl (C=O) groups is 3. The van der Waals surface area contributed by atoms with Crippen LogP contribution >= 0.6 is 0 Å². The van der Waals surface area contributed by atoms with E-state index >= 15 is 0 Å². The van der Waals surface area contributed by atoms with Crippen molar-refractivity contribution < 1.29 is 19.1 Å². The number of fused-ring (bicyclic) bond motifs is 1. The quantitative estimate of drug-likeness (QED) is 0.745. The lowest BCUT2D eigenvalue weighted by Gasteiger charge is -2.44. The first-order valence-electron chi connectivity index (χ1n) is 10.8. The summed E-state index contributed by atoms with van der Waals surface area (Å²) < 4.78 is 6.41. The van der Waals surface area contributed by atoms with Gasteiger partial charge in [0.25, 0.3) is 5.91 Å². The molecule has 2 amide bonds. The van der Waals surface area contributed by atoms with Gasteiger partial charge in [0.05, 0.1) is 20.0 Å². The minimum atomic E-state index is -1.17. The molecule has 0 radical (unpaired) electrons. The number of anilines is 1. The number of hydrogen-bond donors (Lipinski definition) is 1. The van der Waals surface area contributed by atoms with Crippen molar-refractivity contribution in [1.82, 2.24) is 14.9 Å². The Bertz CT molecular complexity index is 1020. The molecule has 1 N–H and O–H groups in total. The fourth-order valence-corrected chi connectivity index (χ4v) is 4.69. The minimum absolute atomic E-state index is 0.0373. The van der Waals surface area contributed by atoms with Crippen molar-refractivity contribution in [2.45, 2.75) is 64.1 Å². The van der Waals surface area contributed by atoms with Crippen molar-refractivity contribution >= 4 is 23.5 Å². The Morgan fingerprint density at radius 3 is 2.65 bits per heavy atom. The smallest absolute Gasteiger partial charge is 0.359 e. The van der Waals surface area contributed by atoms with Crippen molar-refractivity contribution in [2.24, 2.45) is 0 Å². The van der Waals surface area contributed by atoms with Crippen LogP contribution < -0.4 is 10.2 Å². The van der Waals surface area contributed by atoms with Crippen LogP contribution in [0.15, 0.2) is 30.6 Å². The average molecular weight is 425 g/mol. The maximum absolute atomic E-state index is 13.8. The summed E-state index contributed by atoms with van der Waals surface area (Å²) in [5.41, 5.74) is 0.547. The molecule has 2 aromatic rings. The summed E-state index contributed by atoms with van der Waals surface area (Å²) in [5, 5.41) is 3.16. The van der Waals surface area contributed by atoms with Gasteiger partial charge in [-0.25, -0.2) is 9.78 Å². The first-order chi connectivity index (χ1) is 14.9. The third kappa shape index (κ3) is 3.49. The molecule has 164 valence electrons. The standard InChI is InChI=1S/C23H28N4O4/c1-4-15-9-5-8-12-17(15)27-20(28)19-18(21(29)31-3)24-14-26(19)13-23(27,2)22(30)25-16-10-6-7-11-16/h5,8-9,12,14,16H,4,6-7,10-11,13H2,1-3H3,(H,25,30). The zero-order chi connectivity index (χ0) is 22.2. The number of methoxy groups -OCH3 is 1. The van der Waals surface area contributed by atoms with Crippen LogP contribution in [-0.4, -0.2) is 46.0 Å². The number of aryl methyl sites for hydroxylation is 1. The van der Waals surface area contributed by atoms with Gasteiger partial charge >= 0.3 is 5.97 Å². The monoisotopic (exact) mass is 424 g/mol. The molecule has 8 nitrogen and oxygen atoms in total. The fourth-order valence-electron chi connectivity index (χ4n) is 4.69. The summed E-state index contributed by atoms with van der Waals surface area (Å²) in [6.45, 7) is 3.98. The van der Waals surface area contributed by atoms with Gasteiger partial charge in [0.2, 0.25) is 5.91 Å². The lowest BCUT2D eigenvalue weighted by molar-refractivity contribution is -0.127. The molecule has 1 aliphatic heterocycles. The largest absolute Gasteiger partial charge is 0.464 e. The molecule has 1 atom stereocenters. The average Bonchev–Trinajstić information content (AvgIpc) is 3.43. The molecule has 1 unspecified atom stereocenters. The third-order valence-corrected chi connectivity index (χ3v) is 6.39. The van der Waals surface area contributed by atoms with E-state index in [1.165, 1.54) is 13.4 Å². The summed E-state index contributed by atoms with van der Waals surface area (Å²) >= 11 is 0. The Balaban J connectivity index is 1.84. The number of nitrogens with zero attached hydrogens (tertiary/aromatic N) is 3. The Labute approximate surface area is 181 Å². The van der Waals surface area contributed by atoms with Gasteiger partial charge in [-0.05, 0) is 37.8 Å². The van der Waals surface area contributed by atoms with Crippen molar-refractivity contribution in [3.63, 3.8) is 0 Å². The molecule has 1 fully saturated rings. The summed E-state index contributed by atoms with van der Waals surface area (Å²) in [4.78, 5) is 45.3. The van der Waals surface area contributed by atoms with Crippen LogP contribution in [-0.2, 0) is 22.5 Å². The summed E-state index contributed by atoms with van der Waals surface area (Å²) in [6, 6.07) is 7.69. The van der Waals surface area contributed by atoms with Crippen LogP contribution in [0.1, 0.15) is 66.1 Å². The predicted molar refractivity (Wildman–Crippen MR) is 115 cm³/mol. The lowest BCUT2D eigenvalue weighted by Crippen LogP contribution is -2.65. The van der Waals surface area contributed by atoms with Crippen LogP contribution in [0.5, 0.6) is 0 Å². The molecule has 2 aliphatic rings. The molecular formula is C23H28N4O4. The molecule has 0 spiro atoms. The summed E-state index contributed by atoms with van der Waals surface area (Å²) in [6.07, 6.45) is 6.22. The highest BCUT2D eigenvalue weighted by atomic mass is 16.5. The minimum Gasteiger partial charge on any atom is -0.464 e. The Morgan fingerprint density at radius 2 is 1.97 bits per heavy atom. The van der Waals surface area contributed by atoms with E-state index in [1.54, 1.807) is 16.4 Å². The van der Waals surface area contributed by atoms with Gasteiger partial charge in [0.15, 0.2) is 5.69 Å². The lowest BCUT2D eigenvalue weighted by atomic mass is 9.91. The SMILES string of the molecule is CCc1ccccc1N1C(=O)c2c(C(=O)OC)ncn2CC1(C)C(=O)NC1CCCC1. The van der Waals surface area contributed by atoms with Crippen LogP contribution in [0.4, 0.5) is 5.69 Å². The number of nitrogens with one attached hydrogen (secondary N) is 1. The second-order valence-corrected chi connectivity index (χ2v) is 8.41. The van der Waals surface area contributed by atoms with Crippen LogP contribution in [0.2, 0.25) is 0 Å². The highest BCUT2D eigenvalue weighted by Gasteiger charge is 2.50. The van der Waals surface area contributed by atoms with Crippen molar-refractivity contribution in [1.29, 1.82) is 0 Å². The third-order valence-electron chi connectivity index (χ3n) is 6.39. The van der Waals surface area contributed by atoms with Crippen LogP contribution in [0, 0.1) is 0 Å². The first kappa shape index (κ1) is 21.1. The van der Waals surface area contributed by atoms with Gasteiger partial charge in [-0.1, -0.05) is 38.0 Å². The number of para-hydroxylation sites is 1. The van der Waals surface area contributed by atoms with E-state index in [-0.39, 0.29) is 29.9 Å². The van der Waals surface area contributed by atoms with Crippen molar-refractivity contribution in [3.05, 3.63) is 47.5 Å². The Morgan fingerprint density at radius 1 is 1.26 bits per heavy atom. The van der Waals surface area contributed by atoms with Crippen molar-refractivity contribution in [3.8, 4) is 0 Å². The number of amides is 2. The number of aromatic nitrogens is 2. The second kappa shape index (κ2) is 8.17. The molecule has 1 aromatic heterocycles. The molecule has 0 bridgehead atoms. The predicted octanol–water partition coefficient (Wildman–Crippen LogP) is 2.71. The van der Waals surface area contributed by atoms with E-state index in [0.29, 0.717) is 12.1 Å². The fraction of sp³-hybridized carbons (Fsp3) is 0.478. The van der Waals surface area contributed by atoms with E-state index in [9.17, 15) is 14.4 Å². The number of rotatable bonds is 5. The number of esters is 1. The topological polar surface area (TPSA) is 93.5 Å². The highest BCUT2D eigenvalue weighted by molar-refractivity contribution is 6.15. The molecule has 2 heterocycles. The molecule has 31 heavy (non-hydrogen) atoms. The number of ether oxygens (including phenoxy) is 1. The van der Waals surface area contributed by atoms with E-state index in [2.05, 4.69) is 10.3 Å². The van der Waals surface area contributed by atoms with E-state index in [0.717, 1.165) is 31.2 Å².